The number of pyridine rings is 1. The molecule has 0 aliphatic heterocycles. The van der Waals surface area contributed by atoms with Gasteiger partial charge in [-0.25, -0.2) is 9.36 Å². The number of halogens is 1. The number of aromatic hydroxyl groups is 1. The van der Waals surface area contributed by atoms with Crippen LogP contribution in [-0.2, 0) is 0 Å². The molecule has 5 rings (SSSR count). The number of fused-ring (bicyclic) bond motifs is 2. The van der Waals surface area contributed by atoms with E-state index in [1.807, 2.05) is 24.3 Å². The van der Waals surface area contributed by atoms with E-state index >= 15 is 0 Å². The Morgan fingerprint density at radius 1 is 0.933 bits per heavy atom. The van der Waals surface area contributed by atoms with Gasteiger partial charge in [-0.2, -0.15) is 0 Å². The zero-order valence-electron chi connectivity index (χ0n) is 15.5. The summed E-state index contributed by atoms with van der Waals surface area (Å²) in [6.45, 7) is 0. The Labute approximate surface area is 174 Å². The van der Waals surface area contributed by atoms with E-state index in [4.69, 9.17) is 11.6 Å². The number of phenolic OH excluding ortho intramolecular Hbond substituents is 1. The predicted molar refractivity (Wildman–Crippen MR) is 118 cm³/mol. The average Bonchev–Trinajstić information content (AvgIpc) is 2.75. The molecule has 7 heteroatoms. The Kier molecular flexibility index (Phi) is 4.15. The number of rotatable bonds is 2. The van der Waals surface area contributed by atoms with Crippen LogP contribution in [0.3, 0.4) is 0 Å². The minimum absolute atomic E-state index is 0.0712. The fraction of sp³-hybridized carbons (Fsp3) is 0. The Bertz CT molecular complexity index is 1570. The summed E-state index contributed by atoms with van der Waals surface area (Å²) in [5.41, 5.74) is 1.06. The number of aromatic nitrogens is 3. The van der Waals surface area contributed by atoms with Gasteiger partial charge in [-0.3, -0.25) is 9.78 Å². The largest absolute Gasteiger partial charge is 0.508 e. The molecule has 0 radical (unpaired) electrons. The molecule has 6 nitrogen and oxygen atoms in total. The molecule has 30 heavy (non-hydrogen) atoms. The van der Waals surface area contributed by atoms with E-state index in [0.717, 1.165) is 15.3 Å². The SMILES string of the molecule is O=c1[nH]c2cc(-c3cc(O)ccc3Cl)ccc2c(=O)n1-c1cncc2ccccc12. The van der Waals surface area contributed by atoms with E-state index in [1.54, 1.807) is 30.5 Å². The van der Waals surface area contributed by atoms with Gasteiger partial charge in [0, 0.05) is 27.6 Å². The van der Waals surface area contributed by atoms with Gasteiger partial charge in [0.05, 0.1) is 22.8 Å². The number of hydrogen-bond donors (Lipinski definition) is 2. The molecular formula is C23H14ClN3O3. The second-order valence-corrected chi connectivity index (χ2v) is 7.28. The first-order chi connectivity index (χ1) is 14.5. The highest BCUT2D eigenvalue weighted by Gasteiger charge is 2.14. The third-order valence-corrected chi connectivity index (χ3v) is 5.38. The molecule has 0 aliphatic carbocycles. The first kappa shape index (κ1) is 18.1. The van der Waals surface area contributed by atoms with Crippen LogP contribution in [0.4, 0.5) is 0 Å². The Morgan fingerprint density at radius 3 is 2.63 bits per heavy atom. The third kappa shape index (κ3) is 2.86. The highest BCUT2D eigenvalue weighted by Crippen LogP contribution is 2.32. The van der Waals surface area contributed by atoms with Crippen molar-refractivity contribution in [2.75, 3.05) is 0 Å². The van der Waals surface area contributed by atoms with Crippen molar-refractivity contribution < 1.29 is 5.11 Å². The van der Waals surface area contributed by atoms with Gasteiger partial charge in [0.2, 0.25) is 0 Å². The summed E-state index contributed by atoms with van der Waals surface area (Å²) in [6, 6.07) is 17.1. The second-order valence-electron chi connectivity index (χ2n) is 6.87. The summed E-state index contributed by atoms with van der Waals surface area (Å²) in [5.74, 6) is 0.0712. The lowest BCUT2D eigenvalue weighted by Crippen LogP contribution is -2.33. The molecule has 2 N–H and O–H groups in total. The van der Waals surface area contributed by atoms with E-state index in [-0.39, 0.29) is 5.75 Å². The Balaban J connectivity index is 1.76. The molecule has 0 saturated heterocycles. The van der Waals surface area contributed by atoms with Gasteiger partial charge in [0.1, 0.15) is 5.75 Å². The second kappa shape index (κ2) is 6.86. The van der Waals surface area contributed by atoms with Crippen LogP contribution in [0.2, 0.25) is 5.02 Å². The van der Waals surface area contributed by atoms with Crippen molar-refractivity contribution >= 4 is 33.3 Å². The van der Waals surface area contributed by atoms with Crippen molar-refractivity contribution in [2.24, 2.45) is 0 Å². The number of nitrogens with one attached hydrogen (secondary N) is 1. The van der Waals surface area contributed by atoms with Crippen molar-refractivity contribution in [3.05, 3.63) is 98.9 Å². The lowest BCUT2D eigenvalue weighted by Gasteiger charge is -2.10. The normalized spacial score (nSPS) is 11.2. The molecule has 5 aromatic rings. The van der Waals surface area contributed by atoms with Gasteiger partial charge >= 0.3 is 5.69 Å². The maximum Gasteiger partial charge on any atom is 0.333 e. The summed E-state index contributed by atoms with van der Waals surface area (Å²) < 4.78 is 1.10. The van der Waals surface area contributed by atoms with E-state index in [9.17, 15) is 14.7 Å². The lowest BCUT2D eigenvalue weighted by molar-refractivity contribution is 0.475. The van der Waals surface area contributed by atoms with Crippen LogP contribution in [0.25, 0.3) is 38.5 Å². The van der Waals surface area contributed by atoms with Crippen LogP contribution < -0.4 is 11.2 Å². The highest BCUT2D eigenvalue weighted by atomic mass is 35.5. The molecule has 146 valence electrons. The van der Waals surface area contributed by atoms with Crippen LogP contribution in [0, 0.1) is 0 Å². The van der Waals surface area contributed by atoms with Crippen molar-refractivity contribution in [3.8, 4) is 22.6 Å². The maximum absolute atomic E-state index is 13.2. The Hall–Kier alpha value is -3.90. The monoisotopic (exact) mass is 415 g/mol. The molecule has 0 bridgehead atoms. The average molecular weight is 416 g/mol. The molecule has 0 spiro atoms. The van der Waals surface area contributed by atoms with Crippen LogP contribution in [0.1, 0.15) is 0 Å². The van der Waals surface area contributed by atoms with Gasteiger partial charge in [-0.15, -0.1) is 0 Å². The first-order valence-electron chi connectivity index (χ1n) is 9.14. The fourth-order valence-electron chi connectivity index (χ4n) is 3.62. The molecule has 0 atom stereocenters. The van der Waals surface area contributed by atoms with Crippen LogP contribution in [0.15, 0.2) is 82.6 Å². The first-order valence-corrected chi connectivity index (χ1v) is 9.52. The molecular weight excluding hydrogens is 402 g/mol. The van der Waals surface area contributed by atoms with E-state index in [1.165, 1.54) is 18.3 Å². The van der Waals surface area contributed by atoms with E-state index in [2.05, 4.69) is 9.97 Å². The van der Waals surface area contributed by atoms with Gasteiger partial charge in [0.15, 0.2) is 0 Å². The Morgan fingerprint density at radius 2 is 1.77 bits per heavy atom. The molecule has 3 aromatic carbocycles. The van der Waals surface area contributed by atoms with Crippen molar-refractivity contribution in [2.45, 2.75) is 0 Å². The van der Waals surface area contributed by atoms with Crippen LogP contribution in [-0.4, -0.2) is 19.6 Å². The van der Waals surface area contributed by atoms with Crippen molar-refractivity contribution in [1.82, 2.24) is 14.5 Å². The van der Waals surface area contributed by atoms with Crippen LogP contribution >= 0.6 is 11.6 Å². The van der Waals surface area contributed by atoms with Crippen LogP contribution in [0.5, 0.6) is 5.75 Å². The molecule has 2 aromatic heterocycles. The quantitative estimate of drug-likeness (QED) is 0.451. The maximum atomic E-state index is 13.2. The summed E-state index contributed by atoms with van der Waals surface area (Å²) in [5, 5.41) is 12.2. The van der Waals surface area contributed by atoms with Gasteiger partial charge in [-0.05, 0) is 35.9 Å². The van der Waals surface area contributed by atoms with Gasteiger partial charge in [0.25, 0.3) is 5.56 Å². The topological polar surface area (TPSA) is 88.0 Å². The molecule has 0 amide bonds. The van der Waals surface area contributed by atoms with E-state index in [0.29, 0.717) is 32.7 Å². The molecule has 0 unspecified atom stereocenters. The number of nitrogens with zero attached hydrogens (tertiary/aromatic N) is 2. The molecule has 0 saturated carbocycles. The smallest absolute Gasteiger partial charge is 0.333 e. The van der Waals surface area contributed by atoms with Gasteiger partial charge < -0.3 is 10.1 Å². The molecule has 0 fully saturated rings. The number of H-pyrrole nitrogens is 1. The summed E-state index contributed by atoms with van der Waals surface area (Å²) in [6.07, 6.45) is 3.19. The zero-order chi connectivity index (χ0) is 20.8. The summed E-state index contributed by atoms with van der Waals surface area (Å²) >= 11 is 6.25. The lowest BCUT2D eigenvalue weighted by atomic mass is 10.0. The summed E-state index contributed by atoms with van der Waals surface area (Å²) in [4.78, 5) is 33.0. The third-order valence-electron chi connectivity index (χ3n) is 5.05. The molecule has 0 aliphatic rings. The highest BCUT2D eigenvalue weighted by molar-refractivity contribution is 6.33. The number of phenols is 1. The van der Waals surface area contributed by atoms with Gasteiger partial charge in [-0.1, -0.05) is 41.9 Å². The fourth-order valence-corrected chi connectivity index (χ4v) is 3.84. The zero-order valence-corrected chi connectivity index (χ0v) is 16.2. The number of hydrogen-bond acceptors (Lipinski definition) is 4. The number of aromatic amines is 1. The standard InChI is InChI=1S/C23H14ClN3O3/c24-19-8-6-15(28)10-18(19)13-5-7-17-20(9-13)26-23(30)27(22(17)29)21-12-25-11-14-3-1-2-4-16(14)21/h1-12,28H,(H,26,30). The van der Waals surface area contributed by atoms with Crippen molar-refractivity contribution in [1.29, 1.82) is 0 Å². The molecule has 2 heterocycles. The predicted octanol–water partition coefficient (Wildman–Crippen LogP) is 4.25. The number of benzene rings is 3. The van der Waals surface area contributed by atoms with E-state index < -0.39 is 11.2 Å². The van der Waals surface area contributed by atoms with Crippen molar-refractivity contribution in [3.63, 3.8) is 0 Å². The minimum Gasteiger partial charge on any atom is -0.508 e. The summed E-state index contributed by atoms with van der Waals surface area (Å²) in [7, 11) is 0. The minimum atomic E-state index is -0.565.